The molecule has 0 spiro atoms. The average molecular weight is 227 g/mol. The Morgan fingerprint density at radius 2 is 2.06 bits per heavy atom. The van der Waals surface area contributed by atoms with E-state index in [1.165, 1.54) is 6.08 Å². The van der Waals surface area contributed by atoms with Gasteiger partial charge in [0.2, 0.25) is 0 Å². The Balaban J connectivity index is 2.53. The van der Waals surface area contributed by atoms with Crippen molar-refractivity contribution in [2.75, 3.05) is 6.61 Å². The summed E-state index contributed by atoms with van der Waals surface area (Å²) in [4.78, 5) is 11.0. The lowest BCUT2D eigenvalue weighted by atomic mass is 10.1. The molecular formula is C14H13NO2. The molecule has 0 amide bonds. The minimum absolute atomic E-state index is 0.350. The Labute approximate surface area is 101 Å². The molecule has 0 fully saturated rings. The lowest BCUT2D eigenvalue weighted by molar-refractivity contribution is -0.137. The maximum absolute atomic E-state index is 11.0. The lowest BCUT2D eigenvalue weighted by Crippen LogP contribution is -1.98. The minimum Gasteiger partial charge on any atom is -0.463 e. The number of benzene rings is 1. The highest BCUT2D eigenvalue weighted by Crippen LogP contribution is 2.05. The Hall–Kier alpha value is -2.34. The van der Waals surface area contributed by atoms with Crippen LogP contribution in [0.3, 0.4) is 0 Å². The van der Waals surface area contributed by atoms with E-state index in [0.717, 1.165) is 5.56 Å². The summed E-state index contributed by atoms with van der Waals surface area (Å²) in [6.07, 6.45) is 6.58. The molecule has 0 aliphatic rings. The van der Waals surface area contributed by atoms with Crippen molar-refractivity contribution in [3.63, 3.8) is 0 Å². The quantitative estimate of drug-likeness (QED) is 0.451. The highest BCUT2D eigenvalue weighted by atomic mass is 16.5. The topological polar surface area (TPSA) is 50.1 Å². The first kappa shape index (κ1) is 12.7. The summed E-state index contributed by atoms with van der Waals surface area (Å²) in [7, 11) is 0. The van der Waals surface area contributed by atoms with Gasteiger partial charge < -0.3 is 4.74 Å². The Morgan fingerprint density at radius 3 is 2.65 bits per heavy atom. The molecule has 1 rings (SSSR count). The van der Waals surface area contributed by atoms with E-state index in [0.29, 0.717) is 12.2 Å². The molecule has 1 aromatic rings. The molecule has 0 N–H and O–H groups in total. The fraction of sp³-hybridized carbons (Fsp3) is 0.143. The molecule has 17 heavy (non-hydrogen) atoms. The van der Waals surface area contributed by atoms with Crippen LogP contribution < -0.4 is 0 Å². The minimum atomic E-state index is -0.350. The van der Waals surface area contributed by atoms with Crippen LogP contribution >= 0.6 is 0 Å². The summed E-state index contributed by atoms with van der Waals surface area (Å²) in [5, 5.41) is 8.62. The zero-order valence-electron chi connectivity index (χ0n) is 9.59. The fourth-order valence-corrected chi connectivity index (χ4v) is 1.16. The summed E-state index contributed by atoms with van der Waals surface area (Å²) in [5.74, 6) is -0.350. The molecule has 0 unspecified atom stereocenters. The smallest absolute Gasteiger partial charge is 0.330 e. The lowest BCUT2D eigenvalue weighted by Gasteiger charge is -1.93. The molecule has 3 heteroatoms. The molecule has 0 radical (unpaired) electrons. The molecule has 0 saturated carbocycles. The van der Waals surface area contributed by atoms with Crippen LogP contribution in [-0.4, -0.2) is 12.6 Å². The highest BCUT2D eigenvalue weighted by Gasteiger charge is 1.91. The average Bonchev–Trinajstić information content (AvgIpc) is 2.36. The van der Waals surface area contributed by atoms with Gasteiger partial charge in [-0.1, -0.05) is 30.4 Å². The van der Waals surface area contributed by atoms with E-state index < -0.39 is 0 Å². The summed E-state index contributed by atoms with van der Waals surface area (Å²) < 4.78 is 4.73. The molecule has 0 heterocycles. The van der Waals surface area contributed by atoms with E-state index in [4.69, 9.17) is 10.00 Å². The van der Waals surface area contributed by atoms with E-state index >= 15 is 0 Å². The number of carbonyl (C=O) groups is 1. The number of esters is 1. The van der Waals surface area contributed by atoms with Gasteiger partial charge in [-0.2, -0.15) is 5.26 Å². The van der Waals surface area contributed by atoms with Crippen molar-refractivity contribution < 1.29 is 9.53 Å². The number of carbonyl (C=O) groups excluding carboxylic acids is 1. The van der Waals surface area contributed by atoms with Crippen LogP contribution in [-0.2, 0) is 9.53 Å². The monoisotopic (exact) mass is 227 g/mol. The number of hydrogen-bond acceptors (Lipinski definition) is 3. The fourth-order valence-electron chi connectivity index (χ4n) is 1.16. The van der Waals surface area contributed by atoms with Gasteiger partial charge in [-0.25, -0.2) is 4.79 Å². The van der Waals surface area contributed by atoms with Gasteiger partial charge in [0.15, 0.2) is 0 Å². The van der Waals surface area contributed by atoms with Crippen LogP contribution in [0.4, 0.5) is 0 Å². The third-order valence-electron chi connectivity index (χ3n) is 1.96. The van der Waals surface area contributed by atoms with Crippen molar-refractivity contribution in [3.8, 4) is 6.07 Å². The van der Waals surface area contributed by atoms with E-state index in [1.807, 2.05) is 18.2 Å². The van der Waals surface area contributed by atoms with Crippen molar-refractivity contribution in [3.05, 3.63) is 53.6 Å². The van der Waals surface area contributed by atoms with Crippen LogP contribution in [0.25, 0.3) is 6.08 Å². The largest absolute Gasteiger partial charge is 0.463 e. The normalized spacial score (nSPS) is 10.6. The van der Waals surface area contributed by atoms with Gasteiger partial charge >= 0.3 is 5.97 Å². The first-order valence-electron chi connectivity index (χ1n) is 5.28. The predicted octanol–water partition coefficient (Wildman–Crippen LogP) is 2.69. The SMILES string of the molecule is CCOC(=O)C=CC=Cc1ccc(C#N)cc1. The first-order valence-corrected chi connectivity index (χ1v) is 5.28. The molecule has 0 aliphatic heterocycles. The van der Waals surface area contributed by atoms with Crippen LogP contribution in [0.1, 0.15) is 18.1 Å². The molecule has 0 bridgehead atoms. The zero-order chi connectivity index (χ0) is 12.5. The number of allylic oxidation sites excluding steroid dienone is 2. The van der Waals surface area contributed by atoms with Gasteiger partial charge in [0.25, 0.3) is 0 Å². The Morgan fingerprint density at radius 1 is 1.35 bits per heavy atom. The summed E-state index contributed by atoms with van der Waals surface area (Å²) in [6, 6.07) is 9.22. The zero-order valence-corrected chi connectivity index (χ0v) is 9.59. The van der Waals surface area contributed by atoms with Crippen molar-refractivity contribution in [1.29, 1.82) is 5.26 Å². The van der Waals surface area contributed by atoms with Gasteiger partial charge in [-0.05, 0) is 24.6 Å². The van der Waals surface area contributed by atoms with E-state index in [-0.39, 0.29) is 5.97 Å². The van der Waals surface area contributed by atoms with Gasteiger partial charge in [0.05, 0.1) is 18.2 Å². The summed E-state index contributed by atoms with van der Waals surface area (Å²) >= 11 is 0. The van der Waals surface area contributed by atoms with Crippen LogP contribution in [0.2, 0.25) is 0 Å². The first-order chi connectivity index (χ1) is 8.26. The molecule has 3 nitrogen and oxygen atoms in total. The molecular weight excluding hydrogens is 214 g/mol. The molecule has 0 aliphatic carbocycles. The molecule has 0 saturated heterocycles. The second-order valence-electron chi connectivity index (χ2n) is 3.20. The standard InChI is InChI=1S/C14H13NO2/c1-2-17-14(16)6-4-3-5-12-7-9-13(11-15)10-8-12/h3-10H,2H2,1H3. The second-order valence-corrected chi connectivity index (χ2v) is 3.20. The molecule has 0 atom stereocenters. The van der Waals surface area contributed by atoms with Crippen LogP contribution in [0.15, 0.2) is 42.5 Å². The third-order valence-corrected chi connectivity index (χ3v) is 1.96. The number of nitriles is 1. The number of nitrogens with zero attached hydrogens (tertiary/aromatic N) is 1. The Bertz CT molecular complexity index is 464. The summed E-state index contributed by atoms with van der Waals surface area (Å²) in [6.45, 7) is 2.14. The second kappa shape index (κ2) is 7.02. The molecule has 0 aromatic heterocycles. The van der Waals surface area contributed by atoms with E-state index in [1.54, 1.807) is 31.2 Å². The number of rotatable bonds is 4. The van der Waals surface area contributed by atoms with Gasteiger partial charge in [0, 0.05) is 6.08 Å². The van der Waals surface area contributed by atoms with Crippen molar-refractivity contribution >= 4 is 12.0 Å². The van der Waals surface area contributed by atoms with Crippen LogP contribution in [0, 0.1) is 11.3 Å². The third kappa shape index (κ3) is 4.80. The summed E-state index contributed by atoms with van der Waals surface area (Å²) in [5.41, 5.74) is 1.60. The van der Waals surface area contributed by atoms with Gasteiger partial charge in [0.1, 0.15) is 0 Å². The van der Waals surface area contributed by atoms with E-state index in [2.05, 4.69) is 6.07 Å². The predicted molar refractivity (Wildman–Crippen MR) is 66.0 cm³/mol. The number of ether oxygens (including phenoxy) is 1. The van der Waals surface area contributed by atoms with Gasteiger partial charge in [-0.15, -0.1) is 0 Å². The van der Waals surface area contributed by atoms with E-state index in [9.17, 15) is 4.79 Å². The van der Waals surface area contributed by atoms with Crippen LogP contribution in [0.5, 0.6) is 0 Å². The number of hydrogen-bond donors (Lipinski definition) is 0. The van der Waals surface area contributed by atoms with Crippen molar-refractivity contribution in [1.82, 2.24) is 0 Å². The van der Waals surface area contributed by atoms with Gasteiger partial charge in [-0.3, -0.25) is 0 Å². The Kier molecular flexibility index (Phi) is 5.26. The van der Waals surface area contributed by atoms with Crippen molar-refractivity contribution in [2.24, 2.45) is 0 Å². The maximum Gasteiger partial charge on any atom is 0.330 e. The highest BCUT2D eigenvalue weighted by molar-refractivity contribution is 5.82. The van der Waals surface area contributed by atoms with Crippen molar-refractivity contribution in [2.45, 2.75) is 6.92 Å². The molecule has 86 valence electrons. The maximum atomic E-state index is 11.0. The molecule has 1 aromatic carbocycles.